The molecule has 9 heteroatoms. The Morgan fingerprint density at radius 2 is 1.30 bits per heavy atom. The minimum atomic E-state index is -0.135. The summed E-state index contributed by atoms with van der Waals surface area (Å²) in [5.74, 6) is 1.78. The molecule has 9 nitrogen and oxygen atoms in total. The van der Waals surface area contributed by atoms with Gasteiger partial charge in [0, 0.05) is 37.4 Å². The average Bonchev–Trinajstić information content (AvgIpc) is 2.97. The van der Waals surface area contributed by atoms with Gasteiger partial charge in [-0.3, -0.25) is 4.79 Å². The van der Waals surface area contributed by atoms with E-state index in [1.54, 1.807) is 12.1 Å². The van der Waals surface area contributed by atoms with Crippen molar-refractivity contribution < 1.29 is 4.79 Å². The third-order valence-corrected chi connectivity index (χ3v) is 6.81. The molecule has 0 bridgehead atoms. The fourth-order valence-electron chi connectivity index (χ4n) is 4.66. The maximum Gasteiger partial charge on any atom is 0.255 e. The molecule has 0 saturated carbocycles. The first-order chi connectivity index (χ1) is 18.2. The number of nitrogens with one attached hydrogen (secondary N) is 2. The second-order valence-electron chi connectivity index (χ2n) is 9.56. The van der Waals surface area contributed by atoms with Crippen molar-refractivity contribution in [3.8, 4) is 0 Å². The Balaban J connectivity index is 1.29. The van der Waals surface area contributed by atoms with E-state index in [0.29, 0.717) is 11.5 Å². The largest absolute Gasteiger partial charge is 0.341 e. The van der Waals surface area contributed by atoms with Gasteiger partial charge in [-0.05, 0) is 75.3 Å². The number of nitrogens with zero attached hydrogens (tertiary/aromatic N) is 6. The van der Waals surface area contributed by atoms with Gasteiger partial charge in [0.25, 0.3) is 5.91 Å². The van der Waals surface area contributed by atoms with Gasteiger partial charge < -0.3 is 15.1 Å². The van der Waals surface area contributed by atoms with Crippen molar-refractivity contribution in [3.05, 3.63) is 65.7 Å². The van der Waals surface area contributed by atoms with Gasteiger partial charge in [-0.2, -0.15) is 20.1 Å². The summed E-state index contributed by atoms with van der Waals surface area (Å²) in [5, 5.41) is 7.49. The predicted octanol–water partition coefficient (Wildman–Crippen LogP) is 4.94. The zero-order valence-corrected chi connectivity index (χ0v) is 21.4. The van der Waals surface area contributed by atoms with Crippen LogP contribution in [-0.4, -0.2) is 52.7 Å². The summed E-state index contributed by atoms with van der Waals surface area (Å²) in [4.78, 5) is 31.1. The number of hydrogen-bond acceptors (Lipinski definition) is 8. The Hall–Kier alpha value is -4.01. The number of hydrogen-bond donors (Lipinski definition) is 2. The maximum atomic E-state index is 12.4. The van der Waals surface area contributed by atoms with Gasteiger partial charge in [0.1, 0.15) is 0 Å². The summed E-state index contributed by atoms with van der Waals surface area (Å²) >= 11 is 0. The Kier molecular flexibility index (Phi) is 7.88. The van der Waals surface area contributed by atoms with E-state index in [1.807, 2.05) is 49.4 Å². The highest BCUT2D eigenvalue weighted by molar-refractivity contribution is 6.04. The van der Waals surface area contributed by atoms with Gasteiger partial charge in [0.2, 0.25) is 17.8 Å². The first kappa shape index (κ1) is 24.7. The maximum absolute atomic E-state index is 12.4. The average molecular weight is 499 g/mol. The summed E-state index contributed by atoms with van der Waals surface area (Å²) in [6, 6.07) is 16.8. The number of hydrazone groups is 1. The van der Waals surface area contributed by atoms with Crippen molar-refractivity contribution >= 4 is 35.2 Å². The zero-order chi connectivity index (χ0) is 25.5. The van der Waals surface area contributed by atoms with Gasteiger partial charge in [-0.15, -0.1) is 0 Å². The van der Waals surface area contributed by atoms with Crippen LogP contribution in [0.15, 0.2) is 59.7 Å². The monoisotopic (exact) mass is 498 g/mol. The van der Waals surface area contributed by atoms with Crippen molar-refractivity contribution in [2.45, 2.75) is 45.4 Å². The van der Waals surface area contributed by atoms with Gasteiger partial charge in [0.05, 0.1) is 5.71 Å². The predicted molar refractivity (Wildman–Crippen MR) is 149 cm³/mol. The Morgan fingerprint density at radius 1 is 0.730 bits per heavy atom. The molecule has 1 amide bonds. The van der Waals surface area contributed by atoms with E-state index >= 15 is 0 Å². The van der Waals surface area contributed by atoms with Crippen LogP contribution in [0.2, 0.25) is 0 Å². The molecule has 0 unspecified atom stereocenters. The molecule has 0 atom stereocenters. The normalized spacial score (nSPS) is 16.4. The summed E-state index contributed by atoms with van der Waals surface area (Å²) in [6.07, 6.45) is 7.14. The second kappa shape index (κ2) is 11.8. The molecule has 0 spiro atoms. The molecular formula is C28H34N8O. The van der Waals surface area contributed by atoms with Crippen LogP contribution < -0.4 is 20.5 Å². The number of anilines is 4. The third-order valence-electron chi connectivity index (χ3n) is 6.81. The molecule has 1 aromatic heterocycles. The van der Waals surface area contributed by atoms with Crippen molar-refractivity contribution in [2.24, 2.45) is 5.10 Å². The lowest BCUT2D eigenvalue weighted by molar-refractivity contribution is 0.102. The number of benzene rings is 2. The summed E-state index contributed by atoms with van der Waals surface area (Å²) < 4.78 is 0. The second-order valence-corrected chi connectivity index (χ2v) is 9.56. The van der Waals surface area contributed by atoms with Crippen molar-refractivity contribution in [3.63, 3.8) is 0 Å². The van der Waals surface area contributed by atoms with E-state index in [-0.39, 0.29) is 5.91 Å². The van der Waals surface area contributed by atoms with Crippen LogP contribution in [0, 0.1) is 0 Å². The van der Waals surface area contributed by atoms with Gasteiger partial charge in [-0.1, -0.05) is 30.3 Å². The molecule has 2 aliphatic heterocycles. The van der Waals surface area contributed by atoms with E-state index in [2.05, 4.69) is 25.6 Å². The molecule has 192 valence electrons. The molecule has 5 rings (SSSR count). The van der Waals surface area contributed by atoms with Crippen LogP contribution >= 0.6 is 0 Å². The van der Waals surface area contributed by atoms with Crippen LogP contribution in [0.1, 0.15) is 61.4 Å². The van der Waals surface area contributed by atoms with E-state index in [9.17, 15) is 4.79 Å². The highest BCUT2D eigenvalue weighted by Crippen LogP contribution is 2.22. The molecule has 2 saturated heterocycles. The molecule has 0 aliphatic carbocycles. The minimum absolute atomic E-state index is 0.135. The lowest BCUT2D eigenvalue weighted by atomic mass is 10.1. The summed E-state index contributed by atoms with van der Waals surface area (Å²) in [5.41, 5.74) is 6.16. The zero-order valence-electron chi connectivity index (χ0n) is 21.4. The van der Waals surface area contributed by atoms with Gasteiger partial charge in [-0.25, -0.2) is 5.43 Å². The van der Waals surface area contributed by atoms with Crippen LogP contribution in [0.3, 0.4) is 0 Å². The first-order valence-corrected chi connectivity index (χ1v) is 13.2. The summed E-state index contributed by atoms with van der Waals surface area (Å²) in [6.45, 7) is 5.82. The molecule has 2 N–H and O–H groups in total. The smallest absolute Gasteiger partial charge is 0.255 e. The first-order valence-electron chi connectivity index (χ1n) is 13.2. The third kappa shape index (κ3) is 6.41. The molecule has 3 heterocycles. The molecular weight excluding hydrogens is 464 g/mol. The number of aromatic nitrogens is 3. The number of carbonyl (C=O) groups is 1. The Bertz CT molecular complexity index is 1180. The van der Waals surface area contributed by atoms with Crippen LogP contribution in [0.25, 0.3) is 0 Å². The van der Waals surface area contributed by atoms with E-state index in [4.69, 9.17) is 15.0 Å². The molecule has 3 aromatic rings. The van der Waals surface area contributed by atoms with Crippen LogP contribution in [-0.2, 0) is 0 Å². The molecule has 37 heavy (non-hydrogen) atoms. The van der Waals surface area contributed by atoms with E-state index < -0.39 is 0 Å². The lowest BCUT2D eigenvalue weighted by Gasteiger charge is -2.30. The Morgan fingerprint density at radius 3 is 1.86 bits per heavy atom. The number of amides is 1. The number of piperidine rings is 2. The number of rotatable bonds is 7. The number of carbonyl (C=O) groups excluding carboxylic acids is 1. The van der Waals surface area contributed by atoms with Crippen LogP contribution in [0.5, 0.6) is 0 Å². The minimum Gasteiger partial charge on any atom is -0.341 e. The summed E-state index contributed by atoms with van der Waals surface area (Å²) in [7, 11) is 0. The Labute approximate surface area is 218 Å². The van der Waals surface area contributed by atoms with Gasteiger partial charge >= 0.3 is 0 Å². The van der Waals surface area contributed by atoms with Gasteiger partial charge in [0.15, 0.2) is 0 Å². The molecule has 0 radical (unpaired) electrons. The molecule has 2 fully saturated rings. The molecule has 2 aromatic carbocycles. The van der Waals surface area contributed by atoms with Crippen LogP contribution in [0.4, 0.5) is 23.5 Å². The van der Waals surface area contributed by atoms with Crippen molar-refractivity contribution in [2.75, 3.05) is 46.7 Å². The highest BCUT2D eigenvalue weighted by atomic mass is 16.1. The van der Waals surface area contributed by atoms with E-state index in [0.717, 1.165) is 80.7 Å². The van der Waals surface area contributed by atoms with E-state index in [1.165, 1.54) is 12.8 Å². The standard InChI is InChI=1S/C28H34N8O/c1-21(22-13-15-24(16-14-22)29-25(37)23-11-5-2-6-12-23)33-34-26-30-27(35-17-7-3-8-18-35)32-28(31-26)36-19-9-4-10-20-36/h2,5-6,11-16H,3-4,7-10,17-20H2,1H3,(H,29,37)(H,30,31,32,34)/b33-21-. The quantitative estimate of drug-likeness (QED) is 0.352. The van der Waals surface area contributed by atoms with Crippen molar-refractivity contribution in [1.29, 1.82) is 0 Å². The van der Waals surface area contributed by atoms with Crippen molar-refractivity contribution in [1.82, 2.24) is 15.0 Å². The SMILES string of the molecule is C/C(=N/Nc1nc(N2CCCCC2)nc(N2CCCCC2)n1)c1ccc(NC(=O)c2ccccc2)cc1. The lowest BCUT2D eigenvalue weighted by Crippen LogP contribution is -2.34. The fourth-order valence-corrected chi connectivity index (χ4v) is 4.66. The fraction of sp³-hybridized carbons (Fsp3) is 0.393. The molecule has 2 aliphatic rings. The topological polar surface area (TPSA) is 98.6 Å². The highest BCUT2D eigenvalue weighted by Gasteiger charge is 2.20.